The van der Waals surface area contributed by atoms with Crippen LogP contribution in [0.25, 0.3) is 22.0 Å². The first kappa shape index (κ1) is 18.7. The molecule has 0 aliphatic rings. The van der Waals surface area contributed by atoms with Crippen molar-refractivity contribution in [2.75, 3.05) is 5.32 Å². The number of H-pyrrole nitrogens is 1. The molecule has 0 radical (unpaired) electrons. The van der Waals surface area contributed by atoms with Crippen LogP contribution < -0.4 is 10.9 Å². The number of benzene rings is 3. The van der Waals surface area contributed by atoms with Crippen LogP contribution in [0.15, 0.2) is 86.5 Å². The van der Waals surface area contributed by atoms with Gasteiger partial charge in [-0.05, 0) is 42.0 Å². The van der Waals surface area contributed by atoms with Gasteiger partial charge in [0.2, 0.25) is 0 Å². The average Bonchev–Trinajstić information content (AvgIpc) is 2.69. The second kappa shape index (κ2) is 7.73. The van der Waals surface area contributed by atoms with Crippen molar-refractivity contribution in [3.8, 4) is 11.1 Å². The minimum absolute atomic E-state index is 0.224. The van der Waals surface area contributed by atoms with Gasteiger partial charge in [0.25, 0.3) is 11.5 Å². The molecule has 4 aromatic rings. The van der Waals surface area contributed by atoms with Crippen LogP contribution in [-0.2, 0) is 0 Å². The van der Waals surface area contributed by atoms with Crippen molar-refractivity contribution < 1.29 is 4.79 Å². The SMILES string of the molecule is O=C(Nc1c(-c2ccccc2)c2cc(Br)ccc2[nH]c1=O)c1cccc(Br)c1. The Morgan fingerprint density at radius 3 is 2.36 bits per heavy atom. The largest absolute Gasteiger partial charge is 0.320 e. The predicted octanol–water partition coefficient (Wildman–Crippen LogP) is 5.97. The van der Waals surface area contributed by atoms with Crippen LogP contribution in [0.2, 0.25) is 0 Å². The van der Waals surface area contributed by atoms with Crippen molar-refractivity contribution >= 4 is 54.4 Å². The number of hydrogen-bond acceptors (Lipinski definition) is 2. The Kier molecular flexibility index (Phi) is 5.15. The number of rotatable bonds is 3. The quantitative estimate of drug-likeness (QED) is 0.366. The molecule has 1 amide bonds. The van der Waals surface area contributed by atoms with Gasteiger partial charge in [-0.25, -0.2) is 0 Å². The Balaban J connectivity index is 1.93. The van der Waals surface area contributed by atoms with E-state index in [1.807, 2.05) is 54.6 Å². The maximum Gasteiger partial charge on any atom is 0.272 e. The second-order valence-electron chi connectivity index (χ2n) is 6.22. The number of carbonyl (C=O) groups excluding carboxylic acids is 1. The van der Waals surface area contributed by atoms with Crippen molar-refractivity contribution in [3.05, 3.63) is 97.7 Å². The summed E-state index contributed by atoms with van der Waals surface area (Å²) >= 11 is 6.86. The molecule has 138 valence electrons. The summed E-state index contributed by atoms with van der Waals surface area (Å²) in [5.74, 6) is -0.349. The summed E-state index contributed by atoms with van der Waals surface area (Å²) in [6.45, 7) is 0. The lowest BCUT2D eigenvalue weighted by molar-refractivity contribution is 0.102. The predicted molar refractivity (Wildman–Crippen MR) is 120 cm³/mol. The fourth-order valence-electron chi connectivity index (χ4n) is 3.10. The maximum atomic E-state index is 12.9. The van der Waals surface area contributed by atoms with Gasteiger partial charge in [-0.1, -0.05) is 68.3 Å². The molecule has 3 aromatic carbocycles. The number of hydrogen-bond donors (Lipinski definition) is 2. The highest BCUT2D eigenvalue weighted by atomic mass is 79.9. The third-order valence-electron chi connectivity index (χ3n) is 4.36. The average molecular weight is 498 g/mol. The van der Waals surface area contributed by atoms with Gasteiger partial charge in [0.05, 0.1) is 0 Å². The highest BCUT2D eigenvalue weighted by Crippen LogP contribution is 2.34. The number of amides is 1. The van der Waals surface area contributed by atoms with Gasteiger partial charge in [0.1, 0.15) is 5.69 Å². The van der Waals surface area contributed by atoms with E-state index in [0.29, 0.717) is 16.6 Å². The maximum absolute atomic E-state index is 12.9. The summed E-state index contributed by atoms with van der Waals surface area (Å²) in [5.41, 5.74) is 2.57. The van der Waals surface area contributed by atoms with Gasteiger partial charge in [0.15, 0.2) is 0 Å². The minimum atomic E-state index is -0.350. The third-order valence-corrected chi connectivity index (χ3v) is 5.35. The van der Waals surface area contributed by atoms with Gasteiger partial charge in [-0.2, -0.15) is 0 Å². The molecule has 0 fully saturated rings. The first-order valence-corrected chi connectivity index (χ1v) is 10.1. The van der Waals surface area contributed by atoms with Crippen LogP contribution in [-0.4, -0.2) is 10.9 Å². The summed E-state index contributed by atoms with van der Waals surface area (Å²) in [7, 11) is 0. The molecule has 0 bridgehead atoms. The highest BCUT2D eigenvalue weighted by Gasteiger charge is 2.18. The standard InChI is InChI=1S/C22H14Br2N2O2/c23-15-8-4-7-14(11-15)21(27)26-20-19(13-5-2-1-3-6-13)17-12-16(24)9-10-18(17)25-22(20)28/h1-12H,(H,25,28)(H,26,27). The van der Waals surface area contributed by atoms with Gasteiger partial charge >= 0.3 is 0 Å². The van der Waals surface area contributed by atoms with Crippen molar-refractivity contribution in [2.24, 2.45) is 0 Å². The molecule has 4 rings (SSSR count). The van der Waals surface area contributed by atoms with Crippen LogP contribution >= 0.6 is 31.9 Å². The van der Waals surface area contributed by atoms with E-state index in [1.165, 1.54) is 0 Å². The van der Waals surface area contributed by atoms with E-state index in [-0.39, 0.29) is 17.2 Å². The topological polar surface area (TPSA) is 62.0 Å². The molecule has 0 atom stereocenters. The van der Waals surface area contributed by atoms with Gasteiger partial charge in [0, 0.05) is 31.0 Å². The number of aromatic amines is 1. The number of nitrogens with one attached hydrogen (secondary N) is 2. The Hall–Kier alpha value is -2.70. The molecular formula is C22H14Br2N2O2. The molecule has 4 nitrogen and oxygen atoms in total. The molecular weight excluding hydrogens is 484 g/mol. The Labute approximate surface area is 177 Å². The van der Waals surface area contributed by atoms with Gasteiger partial charge in [-0.15, -0.1) is 0 Å². The van der Waals surface area contributed by atoms with Crippen molar-refractivity contribution in [1.29, 1.82) is 0 Å². The van der Waals surface area contributed by atoms with E-state index in [4.69, 9.17) is 0 Å². The molecule has 1 heterocycles. The monoisotopic (exact) mass is 496 g/mol. The first-order valence-electron chi connectivity index (χ1n) is 8.51. The zero-order valence-corrected chi connectivity index (χ0v) is 17.7. The highest BCUT2D eigenvalue weighted by molar-refractivity contribution is 9.10. The normalized spacial score (nSPS) is 10.8. The van der Waals surface area contributed by atoms with E-state index >= 15 is 0 Å². The van der Waals surface area contributed by atoms with E-state index in [2.05, 4.69) is 42.2 Å². The zero-order chi connectivity index (χ0) is 19.7. The minimum Gasteiger partial charge on any atom is -0.320 e. The molecule has 6 heteroatoms. The van der Waals surface area contributed by atoms with Crippen molar-refractivity contribution in [2.45, 2.75) is 0 Å². The number of pyridine rings is 1. The fraction of sp³-hybridized carbons (Fsp3) is 0. The lowest BCUT2D eigenvalue weighted by Gasteiger charge is -2.14. The summed E-state index contributed by atoms with van der Waals surface area (Å²) in [6, 6.07) is 22.2. The van der Waals surface area contributed by atoms with E-state index in [0.717, 1.165) is 19.9 Å². The molecule has 0 saturated carbocycles. The molecule has 0 saturated heterocycles. The van der Waals surface area contributed by atoms with E-state index < -0.39 is 0 Å². The summed E-state index contributed by atoms with van der Waals surface area (Å²) in [6.07, 6.45) is 0. The molecule has 28 heavy (non-hydrogen) atoms. The number of carbonyl (C=O) groups is 1. The molecule has 0 aliphatic heterocycles. The summed E-state index contributed by atoms with van der Waals surface area (Å²) in [5, 5.41) is 3.65. The van der Waals surface area contributed by atoms with Gasteiger partial charge < -0.3 is 10.3 Å². The van der Waals surface area contributed by atoms with Crippen LogP contribution in [0.5, 0.6) is 0 Å². The van der Waals surface area contributed by atoms with E-state index in [9.17, 15) is 9.59 Å². The van der Waals surface area contributed by atoms with Crippen molar-refractivity contribution in [3.63, 3.8) is 0 Å². The Morgan fingerprint density at radius 1 is 0.857 bits per heavy atom. The molecule has 0 spiro atoms. The molecule has 0 unspecified atom stereocenters. The van der Waals surface area contributed by atoms with Crippen LogP contribution in [0.3, 0.4) is 0 Å². The fourth-order valence-corrected chi connectivity index (χ4v) is 3.86. The second-order valence-corrected chi connectivity index (χ2v) is 8.06. The van der Waals surface area contributed by atoms with Crippen LogP contribution in [0, 0.1) is 0 Å². The van der Waals surface area contributed by atoms with Crippen LogP contribution in [0.4, 0.5) is 5.69 Å². The summed E-state index contributed by atoms with van der Waals surface area (Å²) in [4.78, 5) is 28.5. The van der Waals surface area contributed by atoms with Crippen LogP contribution in [0.1, 0.15) is 10.4 Å². The third kappa shape index (κ3) is 3.66. The lowest BCUT2D eigenvalue weighted by Crippen LogP contribution is -2.21. The van der Waals surface area contributed by atoms with E-state index in [1.54, 1.807) is 18.2 Å². The first-order chi connectivity index (χ1) is 13.5. The number of halogens is 2. The smallest absolute Gasteiger partial charge is 0.272 e. The number of aromatic nitrogens is 1. The Bertz CT molecular complexity index is 1250. The number of fused-ring (bicyclic) bond motifs is 1. The van der Waals surface area contributed by atoms with Crippen molar-refractivity contribution in [1.82, 2.24) is 4.98 Å². The molecule has 1 aromatic heterocycles. The zero-order valence-electron chi connectivity index (χ0n) is 14.5. The summed E-state index contributed by atoms with van der Waals surface area (Å²) < 4.78 is 1.67. The van der Waals surface area contributed by atoms with Gasteiger partial charge in [-0.3, -0.25) is 9.59 Å². The Morgan fingerprint density at radius 2 is 1.61 bits per heavy atom. The molecule has 2 N–H and O–H groups in total. The lowest BCUT2D eigenvalue weighted by atomic mass is 9.99. The molecule has 0 aliphatic carbocycles. The number of anilines is 1.